The minimum atomic E-state index is -0.398. The van der Waals surface area contributed by atoms with Gasteiger partial charge in [0.1, 0.15) is 4.60 Å². The predicted octanol–water partition coefficient (Wildman–Crippen LogP) is 1.95. The van der Waals surface area contributed by atoms with Crippen molar-refractivity contribution in [2.45, 2.75) is 19.4 Å². The Morgan fingerprint density at radius 2 is 2.43 bits per heavy atom. The van der Waals surface area contributed by atoms with Crippen LogP contribution in [0.15, 0.2) is 16.7 Å². The van der Waals surface area contributed by atoms with Crippen molar-refractivity contribution in [1.29, 1.82) is 0 Å². The quantitative estimate of drug-likeness (QED) is 0.782. The highest BCUT2D eigenvalue weighted by Crippen LogP contribution is 2.29. The highest BCUT2D eigenvalue weighted by atomic mass is 79.9. The summed E-state index contributed by atoms with van der Waals surface area (Å²) in [5.74, 6) is 0.972. The maximum Gasteiger partial charge on any atom is 0.266 e. The molecule has 0 fully saturated rings. The molecule has 0 saturated heterocycles. The van der Waals surface area contributed by atoms with Crippen LogP contribution in [0.2, 0.25) is 0 Å². The molecular weight excluding hydrogens is 248 g/mol. The number of carbonyl (C=O) groups excluding carboxylic acids is 1. The third-order valence-electron chi connectivity index (χ3n) is 2.00. The molecule has 2 heterocycles. The van der Waals surface area contributed by atoms with E-state index in [2.05, 4.69) is 26.2 Å². The lowest BCUT2D eigenvalue weighted by atomic mass is 10.2. The molecule has 1 aromatic heterocycles. The zero-order chi connectivity index (χ0) is 10.1. The van der Waals surface area contributed by atoms with Crippen molar-refractivity contribution < 1.29 is 9.53 Å². The van der Waals surface area contributed by atoms with E-state index in [1.54, 1.807) is 12.1 Å². The molecule has 74 valence electrons. The van der Waals surface area contributed by atoms with Crippen LogP contribution in [0.5, 0.6) is 5.75 Å². The maximum absolute atomic E-state index is 11.4. The van der Waals surface area contributed by atoms with Crippen LogP contribution in [0, 0.1) is 0 Å². The van der Waals surface area contributed by atoms with Gasteiger partial charge in [0, 0.05) is 0 Å². The maximum atomic E-state index is 11.4. The standard InChI is InChI=1S/C9H9BrN2O2/c1-2-5-9(13)12-8-6(14-5)3-4-7(10)11-8/h3-5H,2H2,1H3,(H,11,12,13). The summed E-state index contributed by atoms with van der Waals surface area (Å²) in [5.41, 5.74) is 0. The van der Waals surface area contributed by atoms with Crippen LogP contribution in [0.1, 0.15) is 13.3 Å². The van der Waals surface area contributed by atoms with Gasteiger partial charge in [0.25, 0.3) is 5.91 Å². The molecule has 0 aliphatic carbocycles. The smallest absolute Gasteiger partial charge is 0.266 e. The number of amides is 1. The number of carbonyl (C=O) groups is 1. The summed E-state index contributed by atoms with van der Waals surface area (Å²) >= 11 is 3.22. The molecule has 1 amide bonds. The zero-order valence-electron chi connectivity index (χ0n) is 7.58. The fourth-order valence-corrected chi connectivity index (χ4v) is 1.59. The summed E-state index contributed by atoms with van der Waals surface area (Å²) < 4.78 is 6.13. The molecule has 0 spiro atoms. The van der Waals surface area contributed by atoms with E-state index in [1.165, 1.54) is 0 Å². The topological polar surface area (TPSA) is 51.2 Å². The minimum Gasteiger partial charge on any atom is -0.477 e. The van der Waals surface area contributed by atoms with Crippen LogP contribution >= 0.6 is 15.9 Å². The molecule has 1 aliphatic heterocycles. The van der Waals surface area contributed by atoms with Gasteiger partial charge >= 0.3 is 0 Å². The Hall–Kier alpha value is -1.10. The van der Waals surface area contributed by atoms with E-state index in [0.717, 1.165) is 0 Å². The van der Waals surface area contributed by atoms with Crippen molar-refractivity contribution in [2.24, 2.45) is 0 Å². The molecular formula is C9H9BrN2O2. The van der Waals surface area contributed by atoms with E-state index >= 15 is 0 Å². The average Bonchev–Trinajstić information content (AvgIpc) is 2.16. The molecule has 14 heavy (non-hydrogen) atoms. The molecule has 1 atom stereocenters. The van der Waals surface area contributed by atoms with E-state index in [1.807, 2.05) is 6.92 Å². The first-order valence-electron chi connectivity index (χ1n) is 4.34. The average molecular weight is 257 g/mol. The van der Waals surface area contributed by atoms with E-state index in [-0.39, 0.29) is 5.91 Å². The van der Waals surface area contributed by atoms with Crippen molar-refractivity contribution in [3.63, 3.8) is 0 Å². The van der Waals surface area contributed by atoms with Crippen molar-refractivity contribution >= 4 is 27.7 Å². The van der Waals surface area contributed by atoms with Crippen LogP contribution in [0.3, 0.4) is 0 Å². The third-order valence-corrected chi connectivity index (χ3v) is 2.44. The Labute approximate surface area is 89.8 Å². The summed E-state index contributed by atoms with van der Waals surface area (Å²) in [6.45, 7) is 1.90. The van der Waals surface area contributed by atoms with Crippen molar-refractivity contribution in [3.05, 3.63) is 16.7 Å². The molecule has 0 bridgehead atoms. The Morgan fingerprint density at radius 1 is 1.64 bits per heavy atom. The van der Waals surface area contributed by atoms with Gasteiger partial charge in [-0.3, -0.25) is 4.79 Å². The van der Waals surface area contributed by atoms with Crippen LogP contribution in [-0.4, -0.2) is 17.0 Å². The highest BCUT2D eigenvalue weighted by Gasteiger charge is 2.26. The van der Waals surface area contributed by atoms with Gasteiger partial charge in [0.05, 0.1) is 0 Å². The number of nitrogens with zero attached hydrogens (tertiary/aromatic N) is 1. The number of rotatable bonds is 1. The summed E-state index contributed by atoms with van der Waals surface area (Å²) in [5, 5.41) is 2.70. The molecule has 1 unspecified atom stereocenters. The number of hydrogen-bond acceptors (Lipinski definition) is 3. The molecule has 4 nitrogen and oxygen atoms in total. The fraction of sp³-hybridized carbons (Fsp3) is 0.333. The molecule has 2 rings (SSSR count). The van der Waals surface area contributed by atoms with E-state index in [4.69, 9.17) is 4.74 Å². The number of fused-ring (bicyclic) bond motifs is 1. The Morgan fingerprint density at radius 3 is 3.14 bits per heavy atom. The van der Waals surface area contributed by atoms with E-state index in [0.29, 0.717) is 22.6 Å². The van der Waals surface area contributed by atoms with Gasteiger partial charge in [-0.05, 0) is 34.5 Å². The largest absolute Gasteiger partial charge is 0.477 e. The molecule has 5 heteroatoms. The first-order valence-corrected chi connectivity index (χ1v) is 5.14. The minimum absolute atomic E-state index is 0.134. The molecule has 1 N–H and O–H groups in total. The second-order valence-electron chi connectivity index (χ2n) is 2.98. The van der Waals surface area contributed by atoms with Gasteiger partial charge in [0.2, 0.25) is 0 Å². The van der Waals surface area contributed by atoms with Crippen LogP contribution in [0.25, 0.3) is 0 Å². The first kappa shape index (κ1) is 9.45. The summed E-state index contributed by atoms with van der Waals surface area (Å²) in [6.07, 6.45) is 0.256. The van der Waals surface area contributed by atoms with Gasteiger partial charge in [0.15, 0.2) is 17.7 Å². The monoisotopic (exact) mass is 256 g/mol. The van der Waals surface area contributed by atoms with Crippen LogP contribution in [-0.2, 0) is 4.79 Å². The number of anilines is 1. The first-order chi connectivity index (χ1) is 6.70. The van der Waals surface area contributed by atoms with Gasteiger partial charge in [-0.2, -0.15) is 0 Å². The zero-order valence-corrected chi connectivity index (χ0v) is 9.17. The number of nitrogens with one attached hydrogen (secondary N) is 1. The number of hydrogen-bond donors (Lipinski definition) is 1. The van der Waals surface area contributed by atoms with Crippen molar-refractivity contribution in [2.75, 3.05) is 5.32 Å². The lowest BCUT2D eigenvalue weighted by Crippen LogP contribution is -2.36. The molecule has 0 saturated carbocycles. The van der Waals surface area contributed by atoms with Crippen LogP contribution < -0.4 is 10.1 Å². The molecule has 0 radical (unpaired) electrons. The summed E-state index contributed by atoms with van der Waals surface area (Å²) in [7, 11) is 0. The number of pyridine rings is 1. The van der Waals surface area contributed by atoms with Crippen LogP contribution in [0.4, 0.5) is 5.82 Å². The predicted molar refractivity (Wildman–Crippen MR) is 55.3 cm³/mol. The van der Waals surface area contributed by atoms with Gasteiger partial charge in [-0.15, -0.1) is 0 Å². The number of ether oxygens (including phenoxy) is 1. The SMILES string of the molecule is CCC1Oc2ccc(Br)nc2NC1=O. The molecule has 1 aromatic rings. The van der Waals surface area contributed by atoms with Crippen molar-refractivity contribution in [1.82, 2.24) is 4.98 Å². The van der Waals surface area contributed by atoms with Gasteiger partial charge < -0.3 is 10.1 Å². The third kappa shape index (κ3) is 1.59. The second-order valence-corrected chi connectivity index (χ2v) is 3.80. The second kappa shape index (κ2) is 3.57. The Bertz CT molecular complexity index is 381. The Balaban J connectivity index is 2.35. The lowest BCUT2D eigenvalue weighted by Gasteiger charge is -2.23. The number of aromatic nitrogens is 1. The summed E-state index contributed by atoms with van der Waals surface area (Å²) in [6, 6.07) is 3.57. The number of halogens is 1. The normalized spacial score (nSPS) is 19.6. The van der Waals surface area contributed by atoms with E-state index < -0.39 is 6.10 Å². The molecule has 1 aliphatic rings. The van der Waals surface area contributed by atoms with E-state index in [9.17, 15) is 4.79 Å². The van der Waals surface area contributed by atoms with Gasteiger partial charge in [-0.1, -0.05) is 6.92 Å². The highest BCUT2D eigenvalue weighted by molar-refractivity contribution is 9.10. The molecule has 0 aromatic carbocycles. The Kier molecular flexibility index (Phi) is 2.41. The van der Waals surface area contributed by atoms with Crippen molar-refractivity contribution in [3.8, 4) is 5.75 Å². The lowest BCUT2D eigenvalue weighted by molar-refractivity contribution is -0.123. The summed E-state index contributed by atoms with van der Waals surface area (Å²) in [4.78, 5) is 15.5. The fourth-order valence-electron chi connectivity index (χ4n) is 1.28. The van der Waals surface area contributed by atoms with Gasteiger partial charge in [-0.25, -0.2) is 4.98 Å².